The molecule has 1 fully saturated rings. The summed E-state index contributed by atoms with van der Waals surface area (Å²) < 4.78 is 5.77. The van der Waals surface area contributed by atoms with E-state index < -0.39 is 0 Å². The van der Waals surface area contributed by atoms with E-state index in [1.807, 2.05) is 7.05 Å². The predicted molar refractivity (Wildman–Crippen MR) is 82.2 cm³/mol. The molecule has 0 aliphatic carbocycles. The largest absolute Gasteiger partial charge is 0.375 e. The molecule has 1 aliphatic heterocycles. The molecular formula is C15H26N4O. The zero-order valence-corrected chi connectivity index (χ0v) is 13.0. The SMILES string of the molecule is CCCc1c(NC)ncnc1NC1CCOC(C)(C)C1. The average Bonchev–Trinajstić information content (AvgIpc) is 2.40. The van der Waals surface area contributed by atoms with Crippen molar-refractivity contribution in [2.45, 2.75) is 58.1 Å². The highest BCUT2D eigenvalue weighted by molar-refractivity contribution is 5.57. The zero-order valence-electron chi connectivity index (χ0n) is 13.0. The van der Waals surface area contributed by atoms with Gasteiger partial charge in [-0.15, -0.1) is 0 Å². The molecule has 2 rings (SSSR count). The molecule has 0 radical (unpaired) electrons. The third kappa shape index (κ3) is 3.60. The fourth-order valence-electron chi connectivity index (χ4n) is 2.79. The predicted octanol–water partition coefficient (Wildman–Crippen LogP) is 2.84. The molecule has 20 heavy (non-hydrogen) atoms. The van der Waals surface area contributed by atoms with Gasteiger partial charge in [0, 0.05) is 25.3 Å². The maximum absolute atomic E-state index is 5.77. The number of nitrogens with zero attached hydrogens (tertiary/aromatic N) is 2. The van der Waals surface area contributed by atoms with Crippen LogP contribution in [0.15, 0.2) is 6.33 Å². The molecule has 5 nitrogen and oxygen atoms in total. The monoisotopic (exact) mass is 278 g/mol. The number of rotatable bonds is 5. The van der Waals surface area contributed by atoms with E-state index in [9.17, 15) is 0 Å². The van der Waals surface area contributed by atoms with Crippen LogP contribution >= 0.6 is 0 Å². The first-order chi connectivity index (χ1) is 9.55. The molecule has 0 saturated carbocycles. The summed E-state index contributed by atoms with van der Waals surface area (Å²) in [6, 6.07) is 0.411. The van der Waals surface area contributed by atoms with Crippen LogP contribution in [-0.2, 0) is 11.2 Å². The Morgan fingerprint density at radius 1 is 1.35 bits per heavy atom. The lowest BCUT2D eigenvalue weighted by molar-refractivity contribution is -0.0553. The van der Waals surface area contributed by atoms with Crippen molar-refractivity contribution in [1.82, 2.24) is 9.97 Å². The number of ether oxygens (including phenoxy) is 1. The molecule has 0 amide bonds. The van der Waals surface area contributed by atoms with Crippen molar-refractivity contribution < 1.29 is 4.74 Å². The highest BCUT2D eigenvalue weighted by atomic mass is 16.5. The standard InChI is InChI=1S/C15H26N4O/c1-5-6-12-13(16-4)17-10-18-14(12)19-11-7-8-20-15(2,3)9-11/h10-11H,5-9H2,1-4H3,(H2,16,17,18,19). The molecule has 112 valence electrons. The summed E-state index contributed by atoms with van der Waals surface area (Å²) in [5, 5.41) is 6.75. The fraction of sp³-hybridized carbons (Fsp3) is 0.733. The minimum atomic E-state index is -0.0559. The second-order valence-corrected chi connectivity index (χ2v) is 5.99. The van der Waals surface area contributed by atoms with Crippen molar-refractivity contribution in [3.05, 3.63) is 11.9 Å². The summed E-state index contributed by atoms with van der Waals surface area (Å²) in [6.45, 7) is 7.27. The molecule has 1 aromatic rings. The topological polar surface area (TPSA) is 59.1 Å². The van der Waals surface area contributed by atoms with Crippen LogP contribution in [0.3, 0.4) is 0 Å². The average molecular weight is 278 g/mol. The Bertz CT molecular complexity index is 447. The Kier molecular flexibility index (Phi) is 4.81. The molecule has 0 bridgehead atoms. The Morgan fingerprint density at radius 3 is 2.75 bits per heavy atom. The second kappa shape index (κ2) is 6.39. The van der Waals surface area contributed by atoms with Crippen molar-refractivity contribution in [2.75, 3.05) is 24.3 Å². The summed E-state index contributed by atoms with van der Waals surface area (Å²) in [7, 11) is 1.91. The van der Waals surface area contributed by atoms with Gasteiger partial charge in [0.05, 0.1) is 5.60 Å². The van der Waals surface area contributed by atoms with Crippen LogP contribution in [0.5, 0.6) is 0 Å². The van der Waals surface area contributed by atoms with Crippen LogP contribution in [-0.4, -0.2) is 35.3 Å². The summed E-state index contributed by atoms with van der Waals surface area (Å²) in [6.07, 6.45) is 5.70. The lowest BCUT2D eigenvalue weighted by Crippen LogP contribution is -2.40. The van der Waals surface area contributed by atoms with Gasteiger partial charge in [0.1, 0.15) is 18.0 Å². The smallest absolute Gasteiger partial charge is 0.134 e. The first kappa shape index (κ1) is 15.0. The summed E-state index contributed by atoms with van der Waals surface area (Å²) in [4.78, 5) is 8.76. The van der Waals surface area contributed by atoms with E-state index in [2.05, 4.69) is 41.4 Å². The maximum atomic E-state index is 5.77. The van der Waals surface area contributed by atoms with Gasteiger partial charge in [0.25, 0.3) is 0 Å². The molecule has 1 aromatic heterocycles. The number of aromatic nitrogens is 2. The Labute approximate surface area is 121 Å². The van der Waals surface area contributed by atoms with Gasteiger partial charge >= 0.3 is 0 Å². The van der Waals surface area contributed by atoms with Crippen LogP contribution < -0.4 is 10.6 Å². The van der Waals surface area contributed by atoms with Crippen LogP contribution in [0.25, 0.3) is 0 Å². The van der Waals surface area contributed by atoms with Crippen LogP contribution in [0.1, 0.15) is 45.6 Å². The van der Waals surface area contributed by atoms with Gasteiger partial charge in [-0.05, 0) is 33.1 Å². The first-order valence-electron chi connectivity index (χ1n) is 7.48. The number of hydrogen-bond acceptors (Lipinski definition) is 5. The first-order valence-corrected chi connectivity index (χ1v) is 7.48. The minimum absolute atomic E-state index is 0.0559. The van der Waals surface area contributed by atoms with Crippen LogP contribution in [0.2, 0.25) is 0 Å². The second-order valence-electron chi connectivity index (χ2n) is 5.99. The fourth-order valence-corrected chi connectivity index (χ4v) is 2.79. The molecule has 2 heterocycles. The highest BCUT2D eigenvalue weighted by Gasteiger charge is 2.29. The third-order valence-corrected chi connectivity index (χ3v) is 3.72. The summed E-state index contributed by atoms with van der Waals surface area (Å²) >= 11 is 0. The van der Waals surface area contributed by atoms with Crippen molar-refractivity contribution in [3.63, 3.8) is 0 Å². The van der Waals surface area contributed by atoms with E-state index in [4.69, 9.17) is 4.74 Å². The molecular weight excluding hydrogens is 252 g/mol. The highest BCUT2D eigenvalue weighted by Crippen LogP contribution is 2.28. The maximum Gasteiger partial charge on any atom is 0.134 e. The molecule has 2 N–H and O–H groups in total. The molecule has 5 heteroatoms. The Balaban J connectivity index is 2.16. The van der Waals surface area contributed by atoms with Crippen LogP contribution in [0, 0.1) is 0 Å². The van der Waals surface area contributed by atoms with Gasteiger partial charge in [0.2, 0.25) is 0 Å². The van der Waals surface area contributed by atoms with E-state index in [1.165, 1.54) is 5.56 Å². The lowest BCUT2D eigenvalue weighted by atomic mass is 9.94. The van der Waals surface area contributed by atoms with Gasteiger partial charge < -0.3 is 15.4 Å². The summed E-state index contributed by atoms with van der Waals surface area (Å²) in [5.41, 5.74) is 1.13. The number of anilines is 2. The summed E-state index contributed by atoms with van der Waals surface area (Å²) in [5.74, 6) is 1.89. The van der Waals surface area contributed by atoms with Crippen molar-refractivity contribution >= 4 is 11.6 Å². The lowest BCUT2D eigenvalue weighted by Gasteiger charge is -2.36. The van der Waals surface area contributed by atoms with Gasteiger partial charge in [-0.25, -0.2) is 9.97 Å². The van der Waals surface area contributed by atoms with E-state index in [-0.39, 0.29) is 5.60 Å². The van der Waals surface area contributed by atoms with Gasteiger partial charge in [0.15, 0.2) is 0 Å². The molecule has 0 aromatic carbocycles. The van der Waals surface area contributed by atoms with E-state index in [1.54, 1.807) is 6.33 Å². The minimum Gasteiger partial charge on any atom is -0.375 e. The zero-order chi connectivity index (χ0) is 14.6. The van der Waals surface area contributed by atoms with Crippen molar-refractivity contribution in [2.24, 2.45) is 0 Å². The van der Waals surface area contributed by atoms with Gasteiger partial charge in [-0.1, -0.05) is 13.3 Å². The molecule has 1 unspecified atom stereocenters. The molecule has 1 atom stereocenters. The van der Waals surface area contributed by atoms with Gasteiger partial charge in [-0.3, -0.25) is 0 Å². The van der Waals surface area contributed by atoms with E-state index >= 15 is 0 Å². The third-order valence-electron chi connectivity index (χ3n) is 3.72. The Morgan fingerprint density at radius 2 is 2.10 bits per heavy atom. The number of nitrogens with one attached hydrogen (secondary N) is 2. The van der Waals surface area contributed by atoms with Gasteiger partial charge in [-0.2, -0.15) is 0 Å². The molecule has 0 spiro atoms. The van der Waals surface area contributed by atoms with Crippen molar-refractivity contribution in [1.29, 1.82) is 0 Å². The number of hydrogen-bond donors (Lipinski definition) is 2. The van der Waals surface area contributed by atoms with E-state index in [0.717, 1.165) is 43.9 Å². The Hall–Kier alpha value is -1.36. The normalized spacial score (nSPS) is 21.5. The molecule has 1 aliphatic rings. The van der Waals surface area contributed by atoms with Crippen molar-refractivity contribution in [3.8, 4) is 0 Å². The van der Waals surface area contributed by atoms with Crippen LogP contribution in [0.4, 0.5) is 11.6 Å². The molecule has 1 saturated heterocycles. The quantitative estimate of drug-likeness (QED) is 0.867. The van der Waals surface area contributed by atoms with E-state index in [0.29, 0.717) is 6.04 Å².